The topological polar surface area (TPSA) is 49.4 Å². The summed E-state index contributed by atoms with van der Waals surface area (Å²) < 4.78 is 0. The van der Waals surface area contributed by atoms with E-state index in [1.807, 2.05) is 19.2 Å². The molecular formula is C17H17ClN2O2S. The van der Waals surface area contributed by atoms with Crippen molar-refractivity contribution in [2.75, 3.05) is 11.9 Å². The van der Waals surface area contributed by atoms with E-state index < -0.39 is 0 Å². The van der Waals surface area contributed by atoms with Crippen LogP contribution in [0.25, 0.3) is 11.6 Å². The molecule has 0 radical (unpaired) electrons. The molecule has 3 rings (SSSR count). The maximum Gasteiger partial charge on any atom is 0.290 e. The Balaban J connectivity index is 2.10. The van der Waals surface area contributed by atoms with E-state index in [0.29, 0.717) is 9.93 Å². The van der Waals surface area contributed by atoms with E-state index in [-0.39, 0.29) is 16.7 Å². The average molecular weight is 349 g/mol. The minimum absolute atomic E-state index is 0.0893. The first-order valence-corrected chi connectivity index (χ1v) is 8.40. The maximum absolute atomic E-state index is 11.7. The Bertz CT molecular complexity index is 796. The van der Waals surface area contributed by atoms with Gasteiger partial charge in [-0.1, -0.05) is 17.7 Å². The number of hydrogen-bond acceptors (Lipinski definition) is 4. The molecule has 0 unspecified atom stereocenters. The first-order chi connectivity index (χ1) is 10.7. The highest BCUT2D eigenvalue weighted by Gasteiger charge is 2.30. The smallest absolute Gasteiger partial charge is 0.290 e. The molecule has 120 valence electrons. The van der Waals surface area contributed by atoms with E-state index in [2.05, 4.69) is 37.1 Å². The Hall–Kier alpha value is -1.72. The lowest BCUT2D eigenvalue weighted by Gasteiger charge is -2.40. The molecule has 0 bridgehead atoms. The molecule has 0 saturated carbocycles. The number of benzene rings is 1. The van der Waals surface area contributed by atoms with Crippen molar-refractivity contribution >= 4 is 51.8 Å². The highest BCUT2D eigenvalue weighted by atomic mass is 35.5. The van der Waals surface area contributed by atoms with Crippen LogP contribution in [-0.2, 0) is 4.79 Å². The van der Waals surface area contributed by atoms with Crippen LogP contribution in [0.5, 0.6) is 0 Å². The predicted molar refractivity (Wildman–Crippen MR) is 96.7 cm³/mol. The standard InChI is InChI=1S/C17H17ClN2O2S/c1-9-8-17(2,3)20(4)13-7-12(18)10(5-11(9)13)6-14-15(21)19-16(22)23-14/h5-8H,1-4H3,(H,19,21,22)/b14-6+. The van der Waals surface area contributed by atoms with Crippen LogP contribution in [0.15, 0.2) is 23.1 Å². The van der Waals surface area contributed by atoms with Gasteiger partial charge in [-0.25, -0.2) is 0 Å². The first-order valence-electron chi connectivity index (χ1n) is 7.21. The first kappa shape index (κ1) is 16.1. The van der Waals surface area contributed by atoms with Crippen molar-refractivity contribution in [2.45, 2.75) is 26.3 Å². The summed E-state index contributed by atoms with van der Waals surface area (Å²) in [6, 6.07) is 3.89. The van der Waals surface area contributed by atoms with Crippen molar-refractivity contribution in [3.8, 4) is 0 Å². The highest BCUT2D eigenvalue weighted by Crippen LogP contribution is 2.41. The number of fused-ring (bicyclic) bond motifs is 1. The van der Waals surface area contributed by atoms with Crippen LogP contribution in [0.4, 0.5) is 10.5 Å². The number of hydrogen-bond donors (Lipinski definition) is 1. The molecule has 1 saturated heterocycles. The maximum atomic E-state index is 11.7. The normalized spacial score (nSPS) is 21.3. The fourth-order valence-corrected chi connectivity index (χ4v) is 3.75. The van der Waals surface area contributed by atoms with Crippen LogP contribution in [0.1, 0.15) is 31.9 Å². The van der Waals surface area contributed by atoms with Crippen LogP contribution in [0.3, 0.4) is 0 Å². The van der Waals surface area contributed by atoms with Gasteiger partial charge in [-0.3, -0.25) is 14.9 Å². The average Bonchev–Trinajstić information content (AvgIpc) is 2.76. The van der Waals surface area contributed by atoms with Crippen molar-refractivity contribution < 1.29 is 9.59 Å². The number of anilines is 1. The number of nitrogens with zero attached hydrogens (tertiary/aromatic N) is 1. The molecule has 4 nitrogen and oxygen atoms in total. The molecular weight excluding hydrogens is 332 g/mol. The van der Waals surface area contributed by atoms with Gasteiger partial charge in [-0.05, 0) is 61.9 Å². The summed E-state index contributed by atoms with van der Waals surface area (Å²) in [5.41, 5.74) is 3.95. The van der Waals surface area contributed by atoms with Gasteiger partial charge >= 0.3 is 0 Å². The lowest BCUT2D eigenvalue weighted by atomic mass is 9.88. The molecule has 2 aliphatic heterocycles. The zero-order valence-electron chi connectivity index (χ0n) is 13.4. The molecule has 1 fully saturated rings. The van der Waals surface area contributed by atoms with Crippen LogP contribution < -0.4 is 10.2 Å². The second-order valence-corrected chi connectivity index (χ2v) is 7.71. The van der Waals surface area contributed by atoms with Crippen LogP contribution in [0, 0.1) is 0 Å². The van der Waals surface area contributed by atoms with E-state index in [4.69, 9.17) is 11.6 Å². The van der Waals surface area contributed by atoms with E-state index in [1.165, 1.54) is 5.57 Å². The number of imide groups is 1. The summed E-state index contributed by atoms with van der Waals surface area (Å²) in [5, 5.41) is 2.45. The molecule has 1 N–H and O–H groups in total. The third-order valence-electron chi connectivity index (χ3n) is 4.26. The van der Waals surface area contributed by atoms with Crippen molar-refractivity contribution in [1.29, 1.82) is 0 Å². The molecule has 0 aliphatic carbocycles. The number of carbonyl (C=O) groups is 2. The van der Waals surface area contributed by atoms with Gasteiger partial charge in [0.05, 0.1) is 10.4 Å². The Labute approximate surface area is 144 Å². The quantitative estimate of drug-likeness (QED) is 0.769. The van der Waals surface area contributed by atoms with E-state index in [9.17, 15) is 9.59 Å². The lowest BCUT2D eigenvalue weighted by molar-refractivity contribution is -0.115. The summed E-state index contributed by atoms with van der Waals surface area (Å²) in [6.07, 6.45) is 3.88. The number of likely N-dealkylation sites (N-methyl/N-ethyl adjacent to an activating group) is 1. The molecule has 2 aliphatic rings. The Morgan fingerprint density at radius 2 is 2.00 bits per heavy atom. The highest BCUT2D eigenvalue weighted by molar-refractivity contribution is 8.18. The molecule has 1 aromatic carbocycles. The molecule has 0 atom stereocenters. The van der Waals surface area contributed by atoms with Crippen molar-refractivity contribution in [3.05, 3.63) is 39.3 Å². The van der Waals surface area contributed by atoms with Gasteiger partial charge in [-0.15, -0.1) is 0 Å². The fraction of sp³-hybridized carbons (Fsp3) is 0.294. The Morgan fingerprint density at radius 3 is 2.61 bits per heavy atom. The zero-order chi connectivity index (χ0) is 16.9. The minimum atomic E-state index is -0.376. The van der Waals surface area contributed by atoms with E-state index >= 15 is 0 Å². The zero-order valence-corrected chi connectivity index (χ0v) is 14.9. The largest absolute Gasteiger partial charge is 0.365 e. The molecule has 1 aromatic rings. The molecule has 6 heteroatoms. The molecule has 0 aromatic heterocycles. The van der Waals surface area contributed by atoms with Gasteiger partial charge in [0.1, 0.15) is 0 Å². The second kappa shape index (κ2) is 5.42. The van der Waals surface area contributed by atoms with Crippen LogP contribution in [0.2, 0.25) is 5.02 Å². The number of amides is 2. The number of carbonyl (C=O) groups excluding carboxylic acids is 2. The Kier molecular flexibility index (Phi) is 3.81. The van der Waals surface area contributed by atoms with Gasteiger partial charge in [0.25, 0.3) is 11.1 Å². The lowest BCUT2D eigenvalue weighted by Crippen LogP contribution is -2.42. The summed E-state index contributed by atoms with van der Waals surface area (Å²) in [7, 11) is 2.04. The van der Waals surface area contributed by atoms with Crippen LogP contribution >= 0.6 is 23.4 Å². The third-order valence-corrected chi connectivity index (χ3v) is 5.40. The fourth-order valence-electron chi connectivity index (χ4n) is 2.86. The third kappa shape index (κ3) is 2.79. The van der Waals surface area contributed by atoms with Crippen molar-refractivity contribution in [2.24, 2.45) is 0 Å². The van der Waals surface area contributed by atoms with Crippen LogP contribution in [-0.4, -0.2) is 23.7 Å². The molecule has 23 heavy (non-hydrogen) atoms. The van der Waals surface area contributed by atoms with Gasteiger partial charge in [0.15, 0.2) is 0 Å². The second-order valence-electron chi connectivity index (χ2n) is 6.28. The number of halogens is 1. The minimum Gasteiger partial charge on any atom is -0.365 e. The van der Waals surface area contributed by atoms with E-state index in [1.54, 1.807) is 6.08 Å². The summed E-state index contributed by atoms with van der Waals surface area (Å²) in [4.78, 5) is 25.5. The number of nitrogens with one attached hydrogen (secondary N) is 1. The summed E-state index contributed by atoms with van der Waals surface area (Å²) in [6.45, 7) is 6.36. The summed E-state index contributed by atoms with van der Waals surface area (Å²) >= 11 is 7.31. The molecule has 0 spiro atoms. The van der Waals surface area contributed by atoms with Crippen molar-refractivity contribution in [1.82, 2.24) is 5.32 Å². The van der Waals surface area contributed by atoms with E-state index in [0.717, 1.165) is 28.6 Å². The van der Waals surface area contributed by atoms with Gasteiger partial charge in [-0.2, -0.15) is 0 Å². The molecule has 2 amide bonds. The Morgan fingerprint density at radius 1 is 1.30 bits per heavy atom. The monoisotopic (exact) mass is 348 g/mol. The summed E-state index contributed by atoms with van der Waals surface area (Å²) in [5.74, 6) is -0.376. The number of thioether (sulfide) groups is 1. The number of rotatable bonds is 1. The molecule has 2 heterocycles. The predicted octanol–water partition coefficient (Wildman–Crippen LogP) is 4.30. The van der Waals surface area contributed by atoms with Gasteiger partial charge in [0, 0.05) is 23.3 Å². The SMILES string of the molecule is CC1=CC(C)(C)N(C)c2cc(Cl)c(/C=C3/SC(=O)NC3=O)cc21. The van der Waals surface area contributed by atoms with Gasteiger partial charge < -0.3 is 4.90 Å². The van der Waals surface area contributed by atoms with Gasteiger partial charge in [0.2, 0.25) is 0 Å². The number of allylic oxidation sites excluding steroid dienone is 1. The van der Waals surface area contributed by atoms with Crippen molar-refractivity contribution in [3.63, 3.8) is 0 Å².